The molecule has 0 saturated heterocycles. The van der Waals surface area contributed by atoms with Crippen molar-refractivity contribution in [1.82, 2.24) is 10.6 Å². The second-order valence-electron chi connectivity index (χ2n) is 5.56. The normalized spacial score (nSPS) is 20.3. The Hall–Kier alpha value is -1.84. The van der Waals surface area contributed by atoms with E-state index in [2.05, 4.69) is 17.6 Å². The number of hydrogen-bond acceptors (Lipinski definition) is 2. The maximum atomic E-state index is 11.7. The van der Waals surface area contributed by atoms with Gasteiger partial charge in [0, 0.05) is 25.4 Å². The summed E-state index contributed by atoms with van der Waals surface area (Å²) in [4.78, 5) is 23.3. The van der Waals surface area contributed by atoms with E-state index in [1.807, 2.05) is 31.2 Å². The van der Waals surface area contributed by atoms with E-state index in [1.165, 1.54) is 5.56 Å². The van der Waals surface area contributed by atoms with E-state index < -0.39 is 0 Å². The topological polar surface area (TPSA) is 58.2 Å². The summed E-state index contributed by atoms with van der Waals surface area (Å²) in [6, 6.07) is 7.98. The number of carbonyl (C=O) groups is 2. The first-order valence-electron chi connectivity index (χ1n) is 7.17. The number of hydrogen-bond donors (Lipinski definition) is 2. The van der Waals surface area contributed by atoms with Crippen molar-refractivity contribution in [2.45, 2.75) is 33.2 Å². The van der Waals surface area contributed by atoms with Crippen LogP contribution in [0.4, 0.5) is 0 Å². The quantitative estimate of drug-likeness (QED) is 0.830. The Balaban J connectivity index is 1.63. The minimum atomic E-state index is -0.0302. The summed E-state index contributed by atoms with van der Waals surface area (Å²) >= 11 is 0. The molecule has 1 fully saturated rings. The van der Waals surface area contributed by atoms with Crippen LogP contribution in [0, 0.1) is 18.8 Å². The number of amides is 2. The Labute approximate surface area is 119 Å². The lowest BCUT2D eigenvalue weighted by Crippen LogP contribution is -2.31. The summed E-state index contributed by atoms with van der Waals surface area (Å²) in [5.74, 6) is 0.733. The van der Waals surface area contributed by atoms with Gasteiger partial charge in [0.05, 0.1) is 0 Å². The van der Waals surface area contributed by atoms with Gasteiger partial charge in [-0.15, -0.1) is 0 Å². The smallest absolute Gasteiger partial charge is 0.223 e. The molecule has 0 radical (unpaired) electrons. The van der Waals surface area contributed by atoms with E-state index >= 15 is 0 Å². The van der Waals surface area contributed by atoms with Gasteiger partial charge in [-0.1, -0.05) is 31.2 Å². The molecule has 1 aromatic rings. The van der Waals surface area contributed by atoms with Crippen molar-refractivity contribution < 1.29 is 9.59 Å². The summed E-state index contributed by atoms with van der Waals surface area (Å²) < 4.78 is 0. The molecule has 0 unspecified atom stereocenters. The Morgan fingerprint density at radius 3 is 2.60 bits per heavy atom. The van der Waals surface area contributed by atoms with Crippen LogP contribution >= 0.6 is 0 Å². The summed E-state index contributed by atoms with van der Waals surface area (Å²) in [5, 5.41) is 5.69. The highest BCUT2D eigenvalue weighted by Crippen LogP contribution is 2.37. The van der Waals surface area contributed by atoms with E-state index in [1.54, 1.807) is 0 Å². The zero-order valence-electron chi connectivity index (χ0n) is 12.1. The average molecular weight is 274 g/mol. The standard InChI is InChI=1S/C16H22N2O2/c1-11-5-3-4-6-13(11)10-18-15(19)7-8-17-16(20)14-9-12(14)2/h3-6,12,14H,7-10H2,1-2H3,(H,17,20)(H,18,19)/t12-,14-/m0/s1. The van der Waals surface area contributed by atoms with Gasteiger partial charge in [0.2, 0.25) is 11.8 Å². The summed E-state index contributed by atoms with van der Waals surface area (Å²) in [6.45, 7) is 5.05. The number of aryl methyl sites for hydroxylation is 1. The zero-order valence-corrected chi connectivity index (χ0v) is 12.1. The van der Waals surface area contributed by atoms with E-state index in [-0.39, 0.29) is 17.7 Å². The molecular weight excluding hydrogens is 252 g/mol. The van der Waals surface area contributed by atoms with Crippen LogP contribution in [0.3, 0.4) is 0 Å². The maximum absolute atomic E-state index is 11.7. The largest absolute Gasteiger partial charge is 0.355 e. The van der Waals surface area contributed by atoms with Gasteiger partial charge in [0.25, 0.3) is 0 Å². The molecule has 0 aliphatic heterocycles. The van der Waals surface area contributed by atoms with Crippen LogP contribution in [-0.4, -0.2) is 18.4 Å². The molecule has 0 heterocycles. The van der Waals surface area contributed by atoms with Gasteiger partial charge in [0.15, 0.2) is 0 Å². The van der Waals surface area contributed by atoms with Gasteiger partial charge in [-0.05, 0) is 30.4 Å². The molecule has 2 N–H and O–H groups in total. The van der Waals surface area contributed by atoms with E-state index in [9.17, 15) is 9.59 Å². The Morgan fingerprint density at radius 2 is 1.95 bits per heavy atom. The summed E-state index contributed by atoms with van der Waals surface area (Å²) in [6.07, 6.45) is 1.31. The fourth-order valence-corrected chi connectivity index (χ4v) is 2.21. The van der Waals surface area contributed by atoms with Crippen molar-refractivity contribution in [3.05, 3.63) is 35.4 Å². The lowest BCUT2D eigenvalue weighted by Gasteiger charge is -2.08. The highest BCUT2D eigenvalue weighted by Gasteiger charge is 2.38. The summed E-state index contributed by atoms with van der Waals surface area (Å²) in [7, 11) is 0. The van der Waals surface area contributed by atoms with Gasteiger partial charge in [-0.3, -0.25) is 9.59 Å². The molecule has 0 bridgehead atoms. The van der Waals surface area contributed by atoms with Gasteiger partial charge in [0.1, 0.15) is 0 Å². The van der Waals surface area contributed by atoms with Crippen molar-refractivity contribution in [2.75, 3.05) is 6.54 Å². The minimum Gasteiger partial charge on any atom is -0.355 e. The van der Waals surface area contributed by atoms with E-state index in [0.29, 0.717) is 25.4 Å². The Bertz CT molecular complexity index is 499. The van der Waals surface area contributed by atoms with Crippen molar-refractivity contribution in [2.24, 2.45) is 11.8 Å². The van der Waals surface area contributed by atoms with Gasteiger partial charge < -0.3 is 10.6 Å². The van der Waals surface area contributed by atoms with Gasteiger partial charge in [-0.25, -0.2) is 0 Å². The maximum Gasteiger partial charge on any atom is 0.223 e. The van der Waals surface area contributed by atoms with Crippen molar-refractivity contribution in [1.29, 1.82) is 0 Å². The highest BCUT2D eigenvalue weighted by molar-refractivity contribution is 5.82. The minimum absolute atomic E-state index is 0.0302. The van der Waals surface area contributed by atoms with Crippen LogP contribution < -0.4 is 10.6 Å². The van der Waals surface area contributed by atoms with E-state index in [0.717, 1.165) is 12.0 Å². The van der Waals surface area contributed by atoms with E-state index in [4.69, 9.17) is 0 Å². The third kappa shape index (κ3) is 4.08. The Kier molecular flexibility index (Phi) is 4.77. The molecule has 2 atom stereocenters. The molecule has 1 aliphatic carbocycles. The fourth-order valence-electron chi connectivity index (χ4n) is 2.21. The fraction of sp³-hybridized carbons (Fsp3) is 0.500. The van der Waals surface area contributed by atoms with Crippen LogP contribution in [-0.2, 0) is 16.1 Å². The number of rotatable bonds is 6. The predicted molar refractivity (Wildman–Crippen MR) is 77.9 cm³/mol. The third-order valence-corrected chi connectivity index (χ3v) is 3.83. The second kappa shape index (κ2) is 6.55. The van der Waals surface area contributed by atoms with Crippen molar-refractivity contribution in [3.8, 4) is 0 Å². The molecular formula is C16H22N2O2. The monoisotopic (exact) mass is 274 g/mol. The van der Waals surface area contributed by atoms with Crippen LogP contribution in [0.15, 0.2) is 24.3 Å². The number of carbonyl (C=O) groups excluding carboxylic acids is 2. The first kappa shape index (κ1) is 14.6. The lowest BCUT2D eigenvalue weighted by molar-refractivity contribution is -0.123. The molecule has 1 saturated carbocycles. The highest BCUT2D eigenvalue weighted by atomic mass is 16.2. The van der Waals surface area contributed by atoms with Crippen LogP contribution in [0.2, 0.25) is 0 Å². The molecule has 108 valence electrons. The lowest BCUT2D eigenvalue weighted by atomic mass is 10.1. The molecule has 2 rings (SSSR count). The zero-order chi connectivity index (χ0) is 14.5. The van der Waals surface area contributed by atoms with Gasteiger partial charge >= 0.3 is 0 Å². The molecule has 2 amide bonds. The average Bonchev–Trinajstić information content (AvgIpc) is 3.15. The first-order chi connectivity index (χ1) is 9.58. The number of benzene rings is 1. The molecule has 1 aromatic carbocycles. The number of nitrogens with one attached hydrogen (secondary N) is 2. The Morgan fingerprint density at radius 1 is 1.25 bits per heavy atom. The van der Waals surface area contributed by atoms with Crippen molar-refractivity contribution >= 4 is 11.8 Å². The molecule has 0 aromatic heterocycles. The molecule has 4 nitrogen and oxygen atoms in total. The van der Waals surface area contributed by atoms with Gasteiger partial charge in [-0.2, -0.15) is 0 Å². The van der Waals surface area contributed by atoms with Crippen LogP contribution in [0.5, 0.6) is 0 Å². The first-order valence-corrected chi connectivity index (χ1v) is 7.17. The molecule has 0 spiro atoms. The second-order valence-corrected chi connectivity index (χ2v) is 5.56. The molecule has 4 heteroatoms. The van der Waals surface area contributed by atoms with Crippen LogP contribution in [0.25, 0.3) is 0 Å². The molecule has 20 heavy (non-hydrogen) atoms. The molecule has 1 aliphatic rings. The summed E-state index contributed by atoms with van der Waals surface area (Å²) in [5.41, 5.74) is 2.29. The SMILES string of the molecule is Cc1ccccc1CNC(=O)CCNC(=O)[C@H]1C[C@@H]1C. The third-order valence-electron chi connectivity index (χ3n) is 3.83. The van der Waals surface area contributed by atoms with Crippen molar-refractivity contribution in [3.63, 3.8) is 0 Å². The predicted octanol–water partition coefficient (Wildman–Crippen LogP) is 1.77. The van der Waals surface area contributed by atoms with Crippen LogP contribution in [0.1, 0.15) is 30.9 Å².